The molecule has 0 saturated carbocycles. The lowest BCUT2D eigenvalue weighted by molar-refractivity contribution is -0.119. The fraction of sp³-hybridized carbons (Fsp3) is 0.385. The Balaban J connectivity index is 2.25. The Morgan fingerprint density at radius 3 is 2.79 bits per heavy atom. The second-order valence-electron chi connectivity index (χ2n) is 4.45. The molecule has 1 aliphatic rings. The molecule has 2 rings (SSSR count). The summed E-state index contributed by atoms with van der Waals surface area (Å²) in [6.07, 6.45) is 0.715. The molecule has 0 radical (unpaired) electrons. The third kappa shape index (κ3) is 3.03. The van der Waals surface area contributed by atoms with Crippen molar-refractivity contribution < 1.29 is 14.4 Å². The first-order valence-corrected chi connectivity index (χ1v) is 6.07. The van der Waals surface area contributed by atoms with Crippen LogP contribution in [0.15, 0.2) is 24.3 Å². The molecule has 0 spiro atoms. The van der Waals surface area contributed by atoms with Crippen LogP contribution >= 0.6 is 0 Å². The number of anilines is 1. The molecule has 0 fully saturated rings. The highest BCUT2D eigenvalue weighted by Gasteiger charge is 2.28. The number of fused-ring (bicyclic) bond motifs is 1. The highest BCUT2D eigenvalue weighted by atomic mass is 16.6. The first kappa shape index (κ1) is 13.4. The van der Waals surface area contributed by atoms with Gasteiger partial charge in [-0.3, -0.25) is 14.5 Å². The van der Waals surface area contributed by atoms with E-state index in [1.54, 1.807) is 4.90 Å². The van der Waals surface area contributed by atoms with E-state index in [1.165, 1.54) is 14.0 Å². The SMILES string of the molecule is CONC(=O)N1CC(NC(C)=O)Cc2ccccc21. The quantitative estimate of drug-likeness (QED) is 0.776. The molecule has 1 heterocycles. The van der Waals surface area contributed by atoms with Crippen molar-refractivity contribution >= 4 is 17.6 Å². The standard InChI is InChI=1S/C13H17N3O3/c1-9(17)14-11-7-10-5-3-4-6-12(10)16(8-11)13(18)15-19-2/h3-6,11H,7-8H2,1-2H3,(H,14,17)(H,15,18). The third-order valence-corrected chi connectivity index (χ3v) is 2.99. The fourth-order valence-electron chi connectivity index (χ4n) is 2.31. The van der Waals surface area contributed by atoms with Crippen molar-refractivity contribution in [3.63, 3.8) is 0 Å². The van der Waals surface area contributed by atoms with Gasteiger partial charge in [-0.05, 0) is 18.1 Å². The lowest BCUT2D eigenvalue weighted by atomic mass is 9.98. The number of rotatable bonds is 2. The average Bonchev–Trinajstić information content (AvgIpc) is 2.37. The number of hydrogen-bond donors (Lipinski definition) is 2. The van der Waals surface area contributed by atoms with Gasteiger partial charge < -0.3 is 5.32 Å². The van der Waals surface area contributed by atoms with Gasteiger partial charge in [0.1, 0.15) is 0 Å². The lowest BCUT2D eigenvalue weighted by Gasteiger charge is -2.34. The Labute approximate surface area is 111 Å². The molecule has 3 amide bonds. The normalized spacial score (nSPS) is 17.6. The monoisotopic (exact) mass is 263 g/mol. The Morgan fingerprint density at radius 1 is 1.37 bits per heavy atom. The summed E-state index contributed by atoms with van der Waals surface area (Å²) in [6, 6.07) is 7.21. The van der Waals surface area contributed by atoms with Gasteiger partial charge in [0.15, 0.2) is 0 Å². The molecule has 1 aliphatic heterocycles. The van der Waals surface area contributed by atoms with Gasteiger partial charge in [-0.2, -0.15) is 0 Å². The van der Waals surface area contributed by atoms with Crippen molar-refractivity contribution in [2.24, 2.45) is 0 Å². The average molecular weight is 263 g/mol. The summed E-state index contributed by atoms with van der Waals surface area (Å²) >= 11 is 0. The molecule has 2 N–H and O–H groups in total. The third-order valence-electron chi connectivity index (χ3n) is 2.99. The largest absolute Gasteiger partial charge is 0.351 e. The number of nitrogens with zero attached hydrogens (tertiary/aromatic N) is 1. The van der Waals surface area contributed by atoms with E-state index in [2.05, 4.69) is 15.6 Å². The van der Waals surface area contributed by atoms with Crippen LogP contribution in [0.25, 0.3) is 0 Å². The first-order chi connectivity index (χ1) is 9.11. The van der Waals surface area contributed by atoms with Crippen LogP contribution in [-0.2, 0) is 16.1 Å². The minimum Gasteiger partial charge on any atom is -0.351 e. The van der Waals surface area contributed by atoms with Crippen LogP contribution < -0.4 is 15.7 Å². The molecule has 1 aromatic carbocycles. The Morgan fingerprint density at radius 2 is 2.11 bits per heavy atom. The second-order valence-corrected chi connectivity index (χ2v) is 4.45. The number of urea groups is 1. The first-order valence-electron chi connectivity index (χ1n) is 6.07. The Hall–Kier alpha value is -2.08. The van der Waals surface area contributed by atoms with E-state index < -0.39 is 0 Å². The van der Waals surface area contributed by atoms with E-state index in [-0.39, 0.29) is 18.0 Å². The maximum Gasteiger partial charge on any atom is 0.345 e. The van der Waals surface area contributed by atoms with Gasteiger partial charge >= 0.3 is 6.03 Å². The van der Waals surface area contributed by atoms with E-state index in [9.17, 15) is 9.59 Å². The molecule has 1 aromatic rings. The number of benzene rings is 1. The summed E-state index contributed by atoms with van der Waals surface area (Å²) in [6.45, 7) is 1.89. The van der Waals surface area contributed by atoms with Crippen molar-refractivity contribution in [3.05, 3.63) is 29.8 Å². The van der Waals surface area contributed by atoms with Crippen molar-refractivity contribution in [2.75, 3.05) is 18.6 Å². The zero-order chi connectivity index (χ0) is 13.8. The van der Waals surface area contributed by atoms with Crippen LogP contribution in [0.5, 0.6) is 0 Å². The molecular formula is C13H17N3O3. The summed E-state index contributed by atoms with van der Waals surface area (Å²) in [5.74, 6) is -0.100. The number of hydroxylamine groups is 1. The minimum absolute atomic E-state index is 0.0880. The topological polar surface area (TPSA) is 70.7 Å². The molecule has 6 heteroatoms. The molecule has 0 bridgehead atoms. The second kappa shape index (κ2) is 5.71. The molecule has 0 saturated heterocycles. The molecule has 0 aliphatic carbocycles. The molecule has 1 unspecified atom stereocenters. The van der Waals surface area contributed by atoms with Gasteiger partial charge in [-0.1, -0.05) is 18.2 Å². The van der Waals surface area contributed by atoms with Gasteiger partial charge in [-0.15, -0.1) is 0 Å². The van der Waals surface area contributed by atoms with Gasteiger partial charge in [0, 0.05) is 19.2 Å². The number of carbonyl (C=O) groups is 2. The zero-order valence-corrected chi connectivity index (χ0v) is 11.0. The molecule has 102 valence electrons. The maximum atomic E-state index is 12.0. The van der Waals surface area contributed by atoms with E-state index >= 15 is 0 Å². The minimum atomic E-state index is -0.343. The van der Waals surface area contributed by atoms with E-state index in [4.69, 9.17) is 0 Å². The number of hydrogen-bond acceptors (Lipinski definition) is 3. The zero-order valence-electron chi connectivity index (χ0n) is 11.0. The predicted molar refractivity (Wildman–Crippen MR) is 70.6 cm³/mol. The molecule has 0 aromatic heterocycles. The van der Waals surface area contributed by atoms with Crippen molar-refractivity contribution in [3.8, 4) is 0 Å². The van der Waals surface area contributed by atoms with E-state index in [1.807, 2.05) is 24.3 Å². The predicted octanol–water partition coefficient (Wildman–Crippen LogP) is 0.825. The van der Waals surface area contributed by atoms with Gasteiger partial charge in [0.25, 0.3) is 0 Å². The number of carbonyl (C=O) groups excluding carboxylic acids is 2. The number of amides is 3. The van der Waals surface area contributed by atoms with Crippen LogP contribution in [0.1, 0.15) is 12.5 Å². The van der Waals surface area contributed by atoms with Crippen molar-refractivity contribution in [1.29, 1.82) is 0 Å². The summed E-state index contributed by atoms with van der Waals surface area (Å²) in [5.41, 5.74) is 4.18. The number of nitrogens with one attached hydrogen (secondary N) is 2. The fourth-order valence-corrected chi connectivity index (χ4v) is 2.31. The summed E-state index contributed by atoms with van der Waals surface area (Å²) < 4.78 is 0. The van der Waals surface area contributed by atoms with Crippen molar-refractivity contribution in [2.45, 2.75) is 19.4 Å². The summed E-state index contributed by atoms with van der Waals surface area (Å²) in [4.78, 5) is 29.4. The molecule has 1 atom stereocenters. The summed E-state index contributed by atoms with van der Waals surface area (Å²) in [7, 11) is 1.39. The Kier molecular flexibility index (Phi) is 4.01. The van der Waals surface area contributed by atoms with Gasteiger partial charge in [-0.25, -0.2) is 10.3 Å². The smallest absolute Gasteiger partial charge is 0.345 e. The maximum absolute atomic E-state index is 12.0. The molecule has 6 nitrogen and oxygen atoms in total. The molecule has 19 heavy (non-hydrogen) atoms. The number of para-hydroxylation sites is 1. The van der Waals surface area contributed by atoms with Gasteiger partial charge in [0.05, 0.1) is 13.2 Å². The van der Waals surface area contributed by atoms with Crippen LogP contribution in [0.3, 0.4) is 0 Å². The van der Waals surface area contributed by atoms with E-state index in [0.717, 1.165) is 11.3 Å². The van der Waals surface area contributed by atoms with Gasteiger partial charge in [0.2, 0.25) is 5.91 Å². The highest BCUT2D eigenvalue weighted by molar-refractivity contribution is 5.93. The lowest BCUT2D eigenvalue weighted by Crippen LogP contribution is -2.52. The Bertz CT molecular complexity index is 490. The van der Waals surface area contributed by atoms with Crippen molar-refractivity contribution in [1.82, 2.24) is 10.8 Å². The van der Waals surface area contributed by atoms with E-state index in [0.29, 0.717) is 13.0 Å². The summed E-state index contributed by atoms with van der Waals surface area (Å²) in [5, 5.41) is 2.85. The van der Waals surface area contributed by atoms with Crippen LogP contribution in [0.2, 0.25) is 0 Å². The highest BCUT2D eigenvalue weighted by Crippen LogP contribution is 2.26. The van der Waals surface area contributed by atoms with Crippen LogP contribution in [0, 0.1) is 0 Å². The van der Waals surface area contributed by atoms with Crippen LogP contribution in [0.4, 0.5) is 10.5 Å². The van der Waals surface area contributed by atoms with Crippen LogP contribution in [-0.4, -0.2) is 31.6 Å². The molecular weight excluding hydrogens is 246 g/mol.